The molecule has 4 rings (SSSR count). The Hall–Kier alpha value is -3.26. The second kappa shape index (κ2) is 9.08. The Balaban J connectivity index is 1.64. The van der Waals surface area contributed by atoms with E-state index in [2.05, 4.69) is 15.4 Å². The zero-order chi connectivity index (χ0) is 22.7. The third-order valence-electron chi connectivity index (χ3n) is 4.59. The fourth-order valence-electron chi connectivity index (χ4n) is 3.20. The van der Waals surface area contributed by atoms with Gasteiger partial charge in [0.1, 0.15) is 0 Å². The van der Waals surface area contributed by atoms with Crippen molar-refractivity contribution in [2.75, 3.05) is 15.4 Å². The molecule has 0 bridgehead atoms. The minimum Gasteiger partial charge on any atom is -0.308 e. The average molecular weight is 486 g/mol. The van der Waals surface area contributed by atoms with E-state index in [4.69, 9.17) is 23.2 Å². The van der Waals surface area contributed by atoms with Crippen LogP contribution in [0.1, 0.15) is 0 Å². The molecule has 0 saturated carbocycles. The second-order valence-electron chi connectivity index (χ2n) is 6.86. The molecular weight excluding hydrogens is 469 g/mol. The van der Waals surface area contributed by atoms with Gasteiger partial charge in [0.15, 0.2) is 0 Å². The molecule has 0 aliphatic rings. The highest BCUT2D eigenvalue weighted by atomic mass is 35.5. The summed E-state index contributed by atoms with van der Waals surface area (Å²) < 4.78 is 28.4. The molecule has 0 atom stereocenters. The number of halogens is 2. The number of nitrogens with one attached hydrogen (secondary N) is 3. The summed E-state index contributed by atoms with van der Waals surface area (Å²) in [5.41, 5.74) is 1.53. The van der Waals surface area contributed by atoms with Crippen LogP contribution in [0.5, 0.6) is 0 Å². The highest BCUT2D eigenvalue weighted by Gasteiger charge is 2.18. The van der Waals surface area contributed by atoms with Crippen LogP contribution in [-0.4, -0.2) is 14.4 Å². The summed E-state index contributed by atoms with van der Waals surface area (Å²) in [7, 11) is -3.94. The molecule has 162 valence electrons. The first-order valence-corrected chi connectivity index (χ1v) is 11.7. The lowest BCUT2D eigenvalue weighted by Crippen LogP contribution is -2.19. The average Bonchev–Trinajstić information content (AvgIpc) is 2.74. The number of para-hydroxylation sites is 1. The van der Waals surface area contributed by atoms with Gasteiger partial charge in [-0.3, -0.25) is 4.72 Å². The first-order valence-electron chi connectivity index (χ1n) is 9.45. The van der Waals surface area contributed by atoms with Crippen molar-refractivity contribution in [3.63, 3.8) is 0 Å². The molecule has 6 nitrogen and oxygen atoms in total. The number of benzene rings is 4. The van der Waals surface area contributed by atoms with Crippen molar-refractivity contribution in [3.05, 3.63) is 95.0 Å². The Morgan fingerprint density at radius 3 is 1.94 bits per heavy atom. The van der Waals surface area contributed by atoms with Gasteiger partial charge in [-0.15, -0.1) is 0 Å². The molecule has 2 amide bonds. The first kappa shape index (κ1) is 22.0. The van der Waals surface area contributed by atoms with Crippen molar-refractivity contribution in [1.29, 1.82) is 0 Å². The molecule has 0 radical (unpaired) electrons. The van der Waals surface area contributed by atoms with Crippen molar-refractivity contribution < 1.29 is 13.2 Å². The maximum atomic E-state index is 12.9. The topological polar surface area (TPSA) is 87.3 Å². The smallest absolute Gasteiger partial charge is 0.308 e. The zero-order valence-electron chi connectivity index (χ0n) is 16.5. The van der Waals surface area contributed by atoms with Crippen molar-refractivity contribution >= 4 is 67.1 Å². The normalized spacial score (nSPS) is 11.2. The number of urea groups is 1. The highest BCUT2D eigenvalue weighted by molar-refractivity contribution is 7.92. The number of carbonyl (C=O) groups excluding carboxylic acids is 1. The minimum absolute atomic E-state index is 0.0523. The maximum absolute atomic E-state index is 12.9. The molecule has 32 heavy (non-hydrogen) atoms. The van der Waals surface area contributed by atoms with Crippen molar-refractivity contribution in [1.82, 2.24) is 0 Å². The van der Waals surface area contributed by atoms with Gasteiger partial charge < -0.3 is 10.6 Å². The first-order chi connectivity index (χ1) is 15.3. The van der Waals surface area contributed by atoms with Crippen molar-refractivity contribution in [3.8, 4) is 0 Å². The van der Waals surface area contributed by atoms with E-state index >= 15 is 0 Å². The highest BCUT2D eigenvalue weighted by Crippen LogP contribution is 2.31. The summed E-state index contributed by atoms with van der Waals surface area (Å²) >= 11 is 11.9. The number of anilines is 3. The minimum atomic E-state index is -3.94. The lowest BCUT2D eigenvalue weighted by atomic mass is 10.1. The summed E-state index contributed by atoms with van der Waals surface area (Å²) in [5.74, 6) is 0. The lowest BCUT2D eigenvalue weighted by molar-refractivity contribution is 0.262. The van der Waals surface area contributed by atoms with Crippen LogP contribution in [-0.2, 0) is 10.0 Å². The number of carbonyl (C=O) groups is 1. The Labute approximate surface area is 195 Å². The zero-order valence-corrected chi connectivity index (χ0v) is 18.8. The molecule has 0 saturated heterocycles. The van der Waals surface area contributed by atoms with Gasteiger partial charge in [0.25, 0.3) is 10.0 Å². The van der Waals surface area contributed by atoms with E-state index in [1.807, 2.05) is 18.2 Å². The molecule has 0 aliphatic heterocycles. The fourth-order valence-corrected chi connectivity index (χ4v) is 5.01. The molecule has 0 aliphatic carbocycles. The summed E-state index contributed by atoms with van der Waals surface area (Å²) in [6, 6.07) is 23.1. The fraction of sp³-hybridized carbons (Fsp3) is 0. The number of amides is 2. The van der Waals surface area contributed by atoms with Gasteiger partial charge in [-0.1, -0.05) is 65.7 Å². The maximum Gasteiger partial charge on any atom is 0.323 e. The van der Waals surface area contributed by atoms with Gasteiger partial charge in [0, 0.05) is 26.5 Å². The number of rotatable bonds is 5. The monoisotopic (exact) mass is 485 g/mol. The van der Waals surface area contributed by atoms with Gasteiger partial charge in [0.05, 0.1) is 16.3 Å². The van der Waals surface area contributed by atoms with Crippen molar-refractivity contribution in [2.24, 2.45) is 0 Å². The van der Waals surface area contributed by atoms with Gasteiger partial charge in [-0.25, -0.2) is 13.2 Å². The van der Waals surface area contributed by atoms with Crippen LogP contribution in [0.4, 0.5) is 21.9 Å². The van der Waals surface area contributed by atoms with E-state index in [0.717, 1.165) is 0 Å². The SMILES string of the molecule is O=C(Nc1ccccc1)Nc1cccc2c(NS(=O)(=O)c3cc(Cl)cc(Cl)c3)cccc12. The van der Waals surface area contributed by atoms with Gasteiger partial charge in [-0.05, 0) is 42.5 Å². The molecule has 0 spiro atoms. The number of hydrogen-bond acceptors (Lipinski definition) is 3. The van der Waals surface area contributed by atoms with Crippen LogP contribution in [0.15, 0.2) is 89.8 Å². The quantitative estimate of drug-likeness (QED) is 0.297. The van der Waals surface area contributed by atoms with Crippen LogP contribution in [0.3, 0.4) is 0 Å². The molecular formula is C23H17Cl2N3O3S. The number of fused-ring (bicyclic) bond motifs is 1. The van der Waals surface area contributed by atoms with Crippen molar-refractivity contribution in [2.45, 2.75) is 4.90 Å². The van der Waals surface area contributed by atoms with Crippen LogP contribution in [0, 0.1) is 0 Å². The van der Waals surface area contributed by atoms with E-state index < -0.39 is 16.1 Å². The van der Waals surface area contributed by atoms with E-state index in [1.54, 1.807) is 48.5 Å². The predicted octanol–water partition coefficient (Wildman–Crippen LogP) is 6.59. The predicted molar refractivity (Wildman–Crippen MR) is 130 cm³/mol. The molecule has 3 N–H and O–H groups in total. The summed E-state index contributed by atoms with van der Waals surface area (Å²) in [4.78, 5) is 12.4. The van der Waals surface area contributed by atoms with E-state index in [-0.39, 0.29) is 14.9 Å². The third-order valence-corrected chi connectivity index (χ3v) is 6.37. The van der Waals surface area contributed by atoms with Gasteiger partial charge in [0.2, 0.25) is 0 Å². The summed E-state index contributed by atoms with van der Waals surface area (Å²) in [6.07, 6.45) is 0. The lowest BCUT2D eigenvalue weighted by Gasteiger charge is -2.14. The molecule has 0 fully saturated rings. The Morgan fingerprint density at radius 2 is 1.28 bits per heavy atom. The molecule has 0 heterocycles. The van der Waals surface area contributed by atoms with E-state index in [0.29, 0.717) is 27.8 Å². The Bertz CT molecular complexity index is 1390. The van der Waals surface area contributed by atoms with Gasteiger partial charge >= 0.3 is 6.03 Å². The molecule has 0 unspecified atom stereocenters. The van der Waals surface area contributed by atoms with E-state index in [1.165, 1.54) is 18.2 Å². The molecule has 4 aromatic rings. The Kier molecular flexibility index (Phi) is 6.23. The Morgan fingerprint density at radius 1 is 0.688 bits per heavy atom. The standard InChI is InChI=1S/C23H17Cl2N3O3S/c24-15-12-16(25)14-18(13-15)32(30,31)28-22-11-5-8-19-20(22)9-4-10-21(19)27-23(29)26-17-6-2-1-3-7-17/h1-14,28H,(H2,26,27,29). The second-order valence-corrected chi connectivity index (χ2v) is 9.42. The summed E-state index contributed by atoms with van der Waals surface area (Å²) in [5, 5.41) is 7.27. The van der Waals surface area contributed by atoms with Crippen LogP contribution >= 0.6 is 23.2 Å². The van der Waals surface area contributed by atoms with Gasteiger partial charge in [-0.2, -0.15) is 0 Å². The van der Waals surface area contributed by atoms with E-state index in [9.17, 15) is 13.2 Å². The van der Waals surface area contributed by atoms with Crippen LogP contribution in [0.25, 0.3) is 10.8 Å². The van der Waals surface area contributed by atoms with Crippen LogP contribution in [0.2, 0.25) is 10.0 Å². The molecule has 9 heteroatoms. The molecule has 0 aromatic heterocycles. The number of hydrogen-bond donors (Lipinski definition) is 3. The number of sulfonamides is 1. The summed E-state index contributed by atoms with van der Waals surface area (Å²) in [6.45, 7) is 0. The largest absolute Gasteiger partial charge is 0.323 e. The van der Waals surface area contributed by atoms with Crippen LogP contribution < -0.4 is 15.4 Å². The molecule has 4 aromatic carbocycles. The third kappa shape index (κ3) is 4.96.